The molecule has 0 saturated carbocycles. The molecular weight excluding hydrogens is 178 g/mol. The van der Waals surface area contributed by atoms with Crippen LogP contribution in [0.25, 0.3) is 0 Å². The first-order valence-electron chi connectivity index (χ1n) is 5.31. The summed E-state index contributed by atoms with van der Waals surface area (Å²) in [5.41, 5.74) is 5.59. The highest BCUT2D eigenvalue weighted by atomic mass is 16.2. The Bertz CT molecular complexity index is 246. The highest BCUT2D eigenvalue weighted by molar-refractivity contribution is 5.73. The van der Waals surface area contributed by atoms with Crippen molar-refractivity contribution < 1.29 is 4.79 Å². The van der Waals surface area contributed by atoms with Crippen molar-refractivity contribution in [2.24, 2.45) is 11.1 Å². The molecule has 2 amide bonds. The fourth-order valence-electron chi connectivity index (χ4n) is 2.59. The number of hydrogen-bond donors (Lipinski definition) is 1. The van der Waals surface area contributed by atoms with Gasteiger partial charge in [0, 0.05) is 31.1 Å². The summed E-state index contributed by atoms with van der Waals surface area (Å²) < 4.78 is 0. The molecule has 0 aromatic heterocycles. The molecular formula is C10H19N3O. The van der Waals surface area contributed by atoms with Gasteiger partial charge in [-0.2, -0.15) is 0 Å². The molecule has 14 heavy (non-hydrogen) atoms. The second-order valence-corrected chi connectivity index (χ2v) is 5.01. The lowest BCUT2D eigenvalue weighted by atomic mass is 9.79. The van der Waals surface area contributed by atoms with E-state index in [2.05, 4.69) is 18.7 Å². The molecule has 2 fully saturated rings. The van der Waals surface area contributed by atoms with Crippen molar-refractivity contribution in [2.75, 3.05) is 26.2 Å². The molecule has 2 saturated heterocycles. The monoisotopic (exact) mass is 197 g/mol. The third-order valence-electron chi connectivity index (χ3n) is 3.56. The van der Waals surface area contributed by atoms with E-state index in [0.29, 0.717) is 11.5 Å². The molecule has 0 radical (unpaired) electrons. The summed E-state index contributed by atoms with van der Waals surface area (Å²) in [6.07, 6.45) is 1.22. The van der Waals surface area contributed by atoms with Crippen molar-refractivity contribution in [1.82, 2.24) is 9.80 Å². The predicted octanol–water partition coefficient (Wildman–Crippen LogP) is 0.481. The van der Waals surface area contributed by atoms with Gasteiger partial charge in [-0.3, -0.25) is 0 Å². The molecule has 0 bridgehead atoms. The lowest BCUT2D eigenvalue weighted by Gasteiger charge is -2.47. The van der Waals surface area contributed by atoms with E-state index in [-0.39, 0.29) is 6.03 Å². The smallest absolute Gasteiger partial charge is 0.314 e. The average molecular weight is 197 g/mol. The molecule has 2 N–H and O–H groups in total. The van der Waals surface area contributed by atoms with Crippen LogP contribution in [0, 0.1) is 5.41 Å². The quantitative estimate of drug-likeness (QED) is 0.664. The van der Waals surface area contributed by atoms with Gasteiger partial charge in [-0.1, -0.05) is 0 Å². The molecule has 0 aliphatic carbocycles. The maximum Gasteiger partial charge on any atom is 0.314 e. The average Bonchev–Trinajstić information content (AvgIpc) is 2.44. The summed E-state index contributed by atoms with van der Waals surface area (Å²) in [7, 11) is 0. The number of primary amides is 1. The Hall–Kier alpha value is -0.770. The van der Waals surface area contributed by atoms with Crippen LogP contribution in [-0.2, 0) is 0 Å². The Kier molecular flexibility index (Phi) is 2.18. The largest absolute Gasteiger partial charge is 0.351 e. The lowest BCUT2D eigenvalue weighted by molar-refractivity contribution is 0.0397. The minimum atomic E-state index is -0.265. The van der Waals surface area contributed by atoms with Crippen molar-refractivity contribution in [2.45, 2.75) is 26.3 Å². The van der Waals surface area contributed by atoms with E-state index < -0.39 is 0 Å². The first-order valence-corrected chi connectivity index (χ1v) is 5.31. The zero-order valence-electron chi connectivity index (χ0n) is 8.99. The van der Waals surface area contributed by atoms with Gasteiger partial charge < -0.3 is 15.5 Å². The Morgan fingerprint density at radius 3 is 2.43 bits per heavy atom. The van der Waals surface area contributed by atoms with Crippen molar-refractivity contribution in [1.29, 1.82) is 0 Å². The van der Waals surface area contributed by atoms with Gasteiger partial charge in [0.2, 0.25) is 0 Å². The van der Waals surface area contributed by atoms with Crippen molar-refractivity contribution in [3.8, 4) is 0 Å². The summed E-state index contributed by atoms with van der Waals surface area (Å²) in [4.78, 5) is 15.1. The van der Waals surface area contributed by atoms with Gasteiger partial charge >= 0.3 is 6.03 Å². The Balaban J connectivity index is 1.88. The predicted molar refractivity (Wildman–Crippen MR) is 54.9 cm³/mol. The van der Waals surface area contributed by atoms with Crippen LogP contribution in [0.15, 0.2) is 0 Å². The van der Waals surface area contributed by atoms with Crippen LogP contribution in [0.1, 0.15) is 20.3 Å². The van der Waals surface area contributed by atoms with Crippen molar-refractivity contribution >= 4 is 6.03 Å². The second-order valence-electron chi connectivity index (χ2n) is 5.01. The van der Waals surface area contributed by atoms with Gasteiger partial charge in [-0.25, -0.2) is 4.79 Å². The molecule has 4 heteroatoms. The number of hydrogen-bond acceptors (Lipinski definition) is 2. The fraction of sp³-hybridized carbons (Fsp3) is 0.900. The SMILES string of the molecule is CC(C)N1CCC2(CN(C(N)=O)C2)C1. The molecule has 2 aliphatic rings. The van der Waals surface area contributed by atoms with E-state index in [4.69, 9.17) is 5.73 Å². The van der Waals surface area contributed by atoms with E-state index in [1.165, 1.54) is 13.0 Å². The van der Waals surface area contributed by atoms with Gasteiger partial charge in [0.05, 0.1) is 0 Å². The van der Waals surface area contributed by atoms with Crippen LogP contribution in [-0.4, -0.2) is 48.1 Å². The van der Waals surface area contributed by atoms with Crippen LogP contribution < -0.4 is 5.73 Å². The van der Waals surface area contributed by atoms with E-state index in [1.54, 1.807) is 4.90 Å². The third-order valence-corrected chi connectivity index (χ3v) is 3.56. The number of amides is 2. The van der Waals surface area contributed by atoms with Gasteiger partial charge in [0.15, 0.2) is 0 Å². The molecule has 2 rings (SSSR count). The van der Waals surface area contributed by atoms with Gasteiger partial charge in [0.1, 0.15) is 0 Å². The Labute approximate surface area is 85.0 Å². The van der Waals surface area contributed by atoms with Crippen molar-refractivity contribution in [3.63, 3.8) is 0 Å². The minimum Gasteiger partial charge on any atom is -0.351 e. The molecule has 2 aliphatic heterocycles. The Morgan fingerprint density at radius 1 is 1.36 bits per heavy atom. The molecule has 0 unspecified atom stereocenters. The van der Waals surface area contributed by atoms with E-state index in [9.17, 15) is 4.79 Å². The van der Waals surface area contributed by atoms with Crippen LogP contribution in [0.5, 0.6) is 0 Å². The molecule has 4 nitrogen and oxygen atoms in total. The highest BCUT2D eigenvalue weighted by Crippen LogP contribution is 2.39. The zero-order chi connectivity index (χ0) is 10.3. The molecule has 0 atom stereocenters. The summed E-state index contributed by atoms with van der Waals surface area (Å²) in [5, 5.41) is 0. The number of carbonyl (C=O) groups excluding carboxylic acids is 1. The number of carbonyl (C=O) groups is 1. The van der Waals surface area contributed by atoms with Gasteiger partial charge in [-0.15, -0.1) is 0 Å². The summed E-state index contributed by atoms with van der Waals surface area (Å²) in [6, 6.07) is 0.357. The van der Waals surface area contributed by atoms with Crippen LogP contribution in [0.3, 0.4) is 0 Å². The third kappa shape index (κ3) is 1.47. The fourth-order valence-corrected chi connectivity index (χ4v) is 2.59. The van der Waals surface area contributed by atoms with E-state index in [1.807, 2.05) is 0 Å². The van der Waals surface area contributed by atoms with Crippen LogP contribution >= 0.6 is 0 Å². The van der Waals surface area contributed by atoms with E-state index >= 15 is 0 Å². The number of rotatable bonds is 1. The summed E-state index contributed by atoms with van der Waals surface area (Å²) in [6.45, 7) is 8.49. The normalized spacial score (nSPS) is 25.8. The van der Waals surface area contributed by atoms with Crippen LogP contribution in [0.2, 0.25) is 0 Å². The molecule has 80 valence electrons. The number of urea groups is 1. The van der Waals surface area contributed by atoms with Gasteiger partial charge in [0.25, 0.3) is 0 Å². The summed E-state index contributed by atoms with van der Waals surface area (Å²) >= 11 is 0. The zero-order valence-corrected chi connectivity index (χ0v) is 8.99. The maximum atomic E-state index is 10.9. The Morgan fingerprint density at radius 2 is 2.00 bits per heavy atom. The number of likely N-dealkylation sites (tertiary alicyclic amines) is 2. The standard InChI is InChI=1S/C10H19N3O/c1-8(2)12-4-3-10(5-12)6-13(7-10)9(11)14/h8H,3-7H2,1-2H3,(H2,11,14). The number of nitrogens with two attached hydrogens (primary N) is 1. The minimum absolute atomic E-state index is 0.265. The molecule has 0 aromatic carbocycles. The van der Waals surface area contributed by atoms with Crippen LogP contribution in [0.4, 0.5) is 4.79 Å². The van der Waals surface area contributed by atoms with E-state index in [0.717, 1.165) is 19.6 Å². The van der Waals surface area contributed by atoms with Gasteiger partial charge in [-0.05, 0) is 26.8 Å². The first-order chi connectivity index (χ1) is 6.52. The topological polar surface area (TPSA) is 49.6 Å². The molecule has 2 heterocycles. The molecule has 1 spiro atoms. The first kappa shape index (κ1) is 9.77. The van der Waals surface area contributed by atoms with Crippen molar-refractivity contribution in [3.05, 3.63) is 0 Å². The lowest BCUT2D eigenvalue weighted by Crippen LogP contribution is -2.61. The summed E-state index contributed by atoms with van der Waals surface area (Å²) in [5.74, 6) is 0. The number of nitrogens with zero attached hydrogens (tertiary/aromatic N) is 2. The molecule has 0 aromatic rings. The highest BCUT2D eigenvalue weighted by Gasteiger charge is 2.48. The maximum absolute atomic E-state index is 10.9. The second kappa shape index (κ2) is 3.12.